The maximum atomic E-state index is 13.0. The smallest absolute Gasteiger partial charge is 0.416 e. The van der Waals surface area contributed by atoms with Crippen LogP contribution >= 0.6 is 0 Å². The summed E-state index contributed by atoms with van der Waals surface area (Å²) >= 11 is 0. The van der Waals surface area contributed by atoms with Crippen LogP contribution in [0.3, 0.4) is 0 Å². The second-order valence-electron chi connectivity index (χ2n) is 5.04. The maximum absolute atomic E-state index is 13.0. The number of carbonyl (C=O) groups excluding carboxylic acids is 1. The summed E-state index contributed by atoms with van der Waals surface area (Å²) < 4.78 is 44.0. The van der Waals surface area contributed by atoms with Gasteiger partial charge in [-0.25, -0.2) is 0 Å². The molecule has 1 saturated heterocycles. The standard InChI is InChI=1S/C15H18F3NO2/c1-2-21-14(20)13-8-5-9-19(13)10-11-6-3-4-7-12(11)15(16,17)18/h3-4,6-7,13H,2,5,8-10H2,1H3. The highest BCUT2D eigenvalue weighted by molar-refractivity contribution is 5.76. The first-order valence-electron chi connectivity index (χ1n) is 6.99. The van der Waals surface area contributed by atoms with Crippen molar-refractivity contribution in [1.29, 1.82) is 0 Å². The lowest BCUT2D eigenvalue weighted by Crippen LogP contribution is -2.37. The molecule has 0 bridgehead atoms. The van der Waals surface area contributed by atoms with Crippen LogP contribution in [0.15, 0.2) is 24.3 Å². The Morgan fingerprint density at radius 1 is 1.38 bits per heavy atom. The minimum atomic E-state index is -4.38. The van der Waals surface area contributed by atoms with Gasteiger partial charge >= 0.3 is 12.1 Å². The molecule has 0 saturated carbocycles. The predicted octanol–water partition coefficient (Wildman–Crippen LogP) is 3.23. The van der Waals surface area contributed by atoms with Crippen LogP contribution in [-0.2, 0) is 22.3 Å². The number of benzene rings is 1. The normalized spacial score (nSPS) is 19.7. The fraction of sp³-hybridized carbons (Fsp3) is 0.533. The predicted molar refractivity (Wildman–Crippen MR) is 71.5 cm³/mol. The topological polar surface area (TPSA) is 29.5 Å². The number of nitrogens with zero attached hydrogens (tertiary/aromatic N) is 1. The largest absolute Gasteiger partial charge is 0.465 e. The molecule has 0 spiro atoms. The van der Waals surface area contributed by atoms with Crippen molar-refractivity contribution < 1.29 is 22.7 Å². The summed E-state index contributed by atoms with van der Waals surface area (Å²) in [5, 5.41) is 0. The Bertz CT molecular complexity index is 502. The molecule has 1 aliphatic heterocycles. The van der Waals surface area contributed by atoms with Gasteiger partial charge in [-0.2, -0.15) is 13.2 Å². The number of likely N-dealkylation sites (tertiary alicyclic amines) is 1. The molecule has 1 aliphatic rings. The Hall–Kier alpha value is -1.56. The molecule has 1 unspecified atom stereocenters. The lowest BCUT2D eigenvalue weighted by Gasteiger charge is -2.24. The highest BCUT2D eigenvalue weighted by atomic mass is 19.4. The lowest BCUT2D eigenvalue weighted by atomic mass is 10.1. The van der Waals surface area contributed by atoms with Crippen molar-refractivity contribution >= 4 is 5.97 Å². The monoisotopic (exact) mass is 301 g/mol. The van der Waals surface area contributed by atoms with E-state index in [1.165, 1.54) is 12.1 Å². The van der Waals surface area contributed by atoms with E-state index in [2.05, 4.69) is 0 Å². The third-order valence-corrected chi connectivity index (χ3v) is 3.62. The SMILES string of the molecule is CCOC(=O)C1CCCN1Cc1ccccc1C(F)(F)F. The first kappa shape index (κ1) is 15.8. The number of alkyl halides is 3. The van der Waals surface area contributed by atoms with E-state index in [-0.39, 0.29) is 24.7 Å². The van der Waals surface area contributed by atoms with Gasteiger partial charge < -0.3 is 4.74 Å². The Morgan fingerprint density at radius 3 is 2.76 bits per heavy atom. The van der Waals surface area contributed by atoms with Crippen LogP contribution in [0, 0.1) is 0 Å². The van der Waals surface area contributed by atoms with Crippen molar-refractivity contribution in [2.75, 3.05) is 13.2 Å². The highest BCUT2D eigenvalue weighted by Crippen LogP contribution is 2.33. The van der Waals surface area contributed by atoms with Crippen LogP contribution in [0.5, 0.6) is 0 Å². The minimum absolute atomic E-state index is 0.110. The molecule has 2 rings (SSSR count). The molecule has 0 amide bonds. The number of ether oxygens (including phenoxy) is 1. The van der Waals surface area contributed by atoms with Gasteiger partial charge in [-0.15, -0.1) is 0 Å². The number of hydrogen-bond donors (Lipinski definition) is 0. The van der Waals surface area contributed by atoms with Gasteiger partial charge in [-0.3, -0.25) is 9.69 Å². The summed E-state index contributed by atoms with van der Waals surface area (Å²) in [5.74, 6) is -0.348. The quantitative estimate of drug-likeness (QED) is 0.800. The Balaban J connectivity index is 2.16. The average molecular weight is 301 g/mol. The molecule has 1 heterocycles. The van der Waals surface area contributed by atoms with Gasteiger partial charge in [0.2, 0.25) is 0 Å². The van der Waals surface area contributed by atoms with Crippen molar-refractivity contribution in [3.8, 4) is 0 Å². The summed E-state index contributed by atoms with van der Waals surface area (Å²) in [5.41, 5.74) is -0.444. The van der Waals surface area contributed by atoms with E-state index in [1.807, 2.05) is 0 Å². The van der Waals surface area contributed by atoms with Crippen molar-refractivity contribution in [3.63, 3.8) is 0 Å². The second kappa shape index (κ2) is 6.47. The van der Waals surface area contributed by atoms with E-state index in [9.17, 15) is 18.0 Å². The Morgan fingerprint density at radius 2 is 2.10 bits per heavy atom. The van der Waals surface area contributed by atoms with Gasteiger partial charge in [0.05, 0.1) is 12.2 Å². The third kappa shape index (κ3) is 3.75. The van der Waals surface area contributed by atoms with E-state index >= 15 is 0 Å². The summed E-state index contributed by atoms with van der Waals surface area (Å²) in [7, 11) is 0. The summed E-state index contributed by atoms with van der Waals surface area (Å²) in [6.07, 6.45) is -2.96. The third-order valence-electron chi connectivity index (χ3n) is 3.62. The molecule has 1 atom stereocenters. The molecule has 0 aliphatic carbocycles. The molecule has 1 aromatic rings. The fourth-order valence-corrected chi connectivity index (χ4v) is 2.67. The zero-order valence-electron chi connectivity index (χ0n) is 11.8. The Labute approximate surface area is 121 Å². The summed E-state index contributed by atoms with van der Waals surface area (Å²) in [4.78, 5) is 13.6. The minimum Gasteiger partial charge on any atom is -0.465 e. The van der Waals surface area contributed by atoms with Gasteiger partial charge in [0.25, 0.3) is 0 Å². The zero-order valence-corrected chi connectivity index (χ0v) is 11.8. The number of rotatable bonds is 4. The average Bonchev–Trinajstić information content (AvgIpc) is 2.86. The van der Waals surface area contributed by atoms with E-state index in [0.717, 1.165) is 12.5 Å². The van der Waals surface area contributed by atoms with E-state index in [0.29, 0.717) is 13.0 Å². The summed E-state index contributed by atoms with van der Waals surface area (Å²) in [6.45, 7) is 2.72. The van der Waals surface area contributed by atoms with Crippen LogP contribution in [0.1, 0.15) is 30.9 Å². The molecular weight excluding hydrogens is 283 g/mol. The molecule has 21 heavy (non-hydrogen) atoms. The molecule has 0 radical (unpaired) electrons. The number of halogens is 3. The van der Waals surface area contributed by atoms with Gasteiger partial charge in [0.15, 0.2) is 0 Å². The van der Waals surface area contributed by atoms with Gasteiger partial charge in [0.1, 0.15) is 6.04 Å². The van der Waals surface area contributed by atoms with Gasteiger partial charge in [-0.1, -0.05) is 18.2 Å². The number of carbonyl (C=O) groups is 1. The van der Waals surface area contributed by atoms with Crippen LogP contribution in [0.4, 0.5) is 13.2 Å². The first-order valence-corrected chi connectivity index (χ1v) is 6.99. The zero-order chi connectivity index (χ0) is 15.5. The Kier molecular flexibility index (Phi) is 4.88. The first-order chi connectivity index (χ1) is 9.93. The highest BCUT2D eigenvalue weighted by Gasteiger charge is 2.36. The molecule has 1 fully saturated rings. The molecule has 0 aromatic heterocycles. The van der Waals surface area contributed by atoms with E-state index < -0.39 is 17.8 Å². The van der Waals surface area contributed by atoms with Gasteiger partial charge in [-0.05, 0) is 37.9 Å². The van der Waals surface area contributed by atoms with Crippen molar-refractivity contribution in [3.05, 3.63) is 35.4 Å². The van der Waals surface area contributed by atoms with Crippen LogP contribution in [0.25, 0.3) is 0 Å². The van der Waals surface area contributed by atoms with Crippen molar-refractivity contribution in [2.24, 2.45) is 0 Å². The molecule has 0 N–H and O–H groups in total. The molecule has 1 aromatic carbocycles. The van der Waals surface area contributed by atoms with Gasteiger partial charge in [0, 0.05) is 6.54 Å². The fourth-order valence-electron chi connectivity index (χ4n) is 2.67. The van der Waals surface area contributed by atoms with E-state index in [4.69, 9.17) is 4.74 Å². The molecule has 116 valence electrons. The second-order valence-corrected chi connectivity index (χ2v) is 5.04. The van der Waals surface area contributed by atoms with Crippen LogP contribution in [0.2, 0.25) is 0 Å². The lowest BCUT2D eigenvalue weighted by molar-refractivity contribution is -0.148. The number of hydrogen-bond acceptors (Lipinski definition) is 3. The molecule has 6 heteroatoms. The van der Waals surface area contributed by atoms with Crippen molar-refractivity contribution in [1.82, 2.24) is 4.90 Å². The van der Waals surface area contributed by atoms with Crippen LogP contribution < -0.4 is 0 Å². The molecule has 3 nitrogen and oxygen atoms in total. The van der Waals surface area contributed by atoms with E-state index in [1.54, 1.807) is 17.9 Å². The van der Waals surface area contributed by atoms with Crippen molar-refractivity contribution in [2.45, 2.75) is 38.5 Å². The number of esters is 1. The maximum Gasteiger partial charge on any atom is 0.416 e. The molecular formula is C15H18F3NO2. The van der Waals surface area contributed by atoms with Crippen LogP contribution in [-0.4, -0.2) is 30.1 Å². The summed E-state index contributed by atoms with van der Waals surface area (Å²) in [6, 6.07) is 5.05.